The largest absolute Gasteiger partial charge is 0.330 e. The summed E-state index contributed by atoms with van der Waals surface area (Å²) in [7, 11) is 2.10. The van der Waals surface area contributed by atoms with E-state index in [1.165, 1.54) is 23.9 Å². The molecule has 0 aliphatic carbocycles. The highest BCUT2D eigenvalue weighted by atomic mass is 15.1. The number of hydrogen-bond acceptors (Lipinski definition) is 3. The quantitative estimate of drug-likeness (QED) is 0.862. The van der Waals surface area contributed by atoms with Gasteiger partial charge in [-0.05, 0) is 45.0 Å². The molecule has 0 amide bonds. The number of hydrogen-bond donors (Lipinski definition) is 1. The Morgan fingerprint density at radius 3 is 2.73 bits per heavy atom. The first kappa shape index (κ1) is 15.3. The molecule has 1 saturated heterocycles. The summed E-state index contributed by atoms with van der Waals surface area (Å²) in [5.74, 6) is 1.12. The van der Waals surface area contributed by atoms with Crippen LogP contribution in [0.2, 0.25) is 0 Å². The third kappa shape index (κ3) is 3.39. The number of aromatic nitrogens is 2. The van der Waals surface area contributed by atoms with E-state index in [1.807, 2.05) is 6.07 Å². The average Bonchev–Trinajstić information content (AvgIpc) is 2.83. The Kier molecular flexibility index (Phi) is 4.60. The zero-order valence-corrected chi connectivity index (χ0v) is 13.7. The van der Waals surface area contributed by atoms with E-state index in [2.05, 4.69) is 53.5 Å². The van der Waals surface area contributed by atoms with E-state index < -0.39 is 0 Å². The Morgan fingerprint density at radius 1 is 1.32 bits per heavy atom. The molecule has 1 N–H and O–H groups in total. The number of para-hydroxylation sites is 2. The molecule has 22 heavy (non-hydrogen) atoms. The Bertz CT molecular complexity index is 650. The van der Waals surface area contributed by atoms with Crippen molar-refractivity contribution >= 4 is 11.0 Å². The van der Waals surface area contributed by atoms with E-state index in [9.17, 15) is 0 Å². The second kappa shape index (κ2) is 6.63. The molecule has 3 rings (SSSR count). The number of fused-ring (bicyclic) bond motifs is 1. The van der Waals surface area contributed by atoms with Crippen LogP contribution in [0, 0.1) is 0 Å². The number of nitrogens with one attached hydrogen (secondary N) is 1. The van der Waals surface area contributed by atoms with E-state index in [1.54, 1.807) is 0 Å². The fourth-order valence-corrected chi connectivity index (χ4v) is 3.27. The van der Waals surface area contributed by atoms with Crippen molar-refractivity contribution in [3.63, 3.8) is 0 Å². The summed E-state index contributed by atoms with van der Waals surface area (Å²) in [5, 5.41) is 3.68. The molecule has 4 nitrogen and oxygen atoms in total. The molecule has 0 saturated carbocycles. The van der Waals surface area contributed by atoms with Gasteiger partial charge in [0.2, 0.25) is 0 Å². The molecule has 4 heteroatoms. The highest BCUT2D eigenvalue weighted by Crippen LogP contribution is 2.16. The molecule has 118 valence electrons. The average molecular weight is 298 g/mol. The minimum atomic E-state index is 0.598. The first-order chi connectivity index (χ1) is 10.6. The van der Waals surface area contributed by atoms with Gasteiger partial charge in [0.25, 0.3) is 0 Å². The first-order valence-electron chi connectivity index (χ1n) is 8.14. The van der Waals surface area contributed by atoms with Crippen molar-refractivity contribution in [2.24, 2.45) is 7.05 Å². The molecule has 0 spiro atoms. The maximum absolute atomic E-state index is 4.73. The van der Waals surface area contributed by atoms with Crippen molar-refractivity contribution in [3.8, 4) is 0 Å². The van der Waals surface area contributed by atoms with Gasteiger partial charge >= 0.3 is 0 Å². The van der Waals surface area contributed by atoms with Crippen LogP contribution in [-0.2, 0) is 13.6 Å². The molecule has 1 aliphatic rings. The molecule has 0 unspecified atom stereocenters. The highest BCUT2D eigenvalue weighted by molar-refractivity contribution is 5.75. The van der Waals surface area contributed by atoms with Crippen LogP contribution in [0.25, 0.3) is 11.0 Å². The number of nitrogens with zero attached hydrogens (tertiary/aromatic N) is 3. The second-order valence-corrected chi connectivity index (χ2v) is 6.46. The lowest BCUT2D eigenvalue weighted by atomic mass is 10.0. The van der Waals surface area contributed by atoms with Gasteiger partial charge in [-0.1, -0.05) is 24.3 Å². The summed E-state index contributed by atoms with van der Waals surface area (Å²) in [4.78, 5) is 7.23. The topological polar surface area (TPSA) is 33.1 Å². The van der Waals surface area contributed by atoms with E-state index in [4.69, 9.17) is 4.98 Å². The molecule has 2 aromatic rings. The highest BCUT2D eigenvalue weighted by Gasteiger charge is 2.19. The van der Waals surface area contributed by atoms with Gasteiger partial charge in [0.1, 0.15) is 5.82 Å². The Labute approximate surface area is 132 Å². The molecule has 0 atom stereocenters. The normalized spacial score (nSPS) is 17.2. The van der Waals surface area contributed by atoms with Gasteiger partial charge in [-0.25, -0.2) is 4.98 Å². The number of imidazole rings is 1. The predicted octanol–water partition coefficient (Wildman–Crippen LogP) is 2.70. The van der Waals surface area contributed by atoms with Crippen molar-refractivity contribution in [2.45, 2.75) is 32.4 Å². The first-order valence-corrected chi connectivity index (χ1v) is 8.14. The lowest BCUT2D eigenvalue weighted by molar-refractivity contribution is 0.210. The summed E-state index contributed by atoms with van der Waals surface area (Å²) in [6.45, 7) is 10.3. The number of benzene rings is 1. The summed E-state index contributed by atoms with van der Waals surface area (Å²) in [6.07, 6.45) is 2.41. The predicted molar refractivity (Wildman–Crippen MR) is 91.8 cm³/mol. The summed E-state index contributed by atoms with van der Waals surface area (Å²) in [6, 6.07) is 8.92. The lowest BCUT2D eigenvalue weighted by Gasteiger charge is -2.32. The SMILES string of the molecule is C=C(C)CN1CCC(NCc2nc3ccccc3n2C)CC1. The van der Waals surface area contributed by atoms with Gasteiger partial charge in [-0.15, -0.1) is 0 Å². The van der Waals surface area contributed by atoms with E-state index in [-0.39, 0.29) is 0 Å². The fraction of sp³-hybridized carbons (Fsp3) is 0.500. The molecule has 0 bridgehead atoms. The van der Waals surface area contributed by atoms with Crippen LogP contribution in [0.1, 0.15) is 25.6 Å². The minimum absolute atomic E-state index is 0.598. The van der Waals surface area contributed by atoms with E-state index >= 15 is 0 Å². The lowest BCUT2D eigenvalue weighted by Crippen LogP contribution is -2.42. The van der Waals surface area contributed by atoms with Gasteiger partial charge < -0.3 is 9.88 Å². The van der Waals surface area contributed by atoms with Gasteiger partial charge in [-0.2, -0.15) is 0 Å². The molecule has 1 aromatic heterocycles. The van der Waals surface area contributed by atoms with Crippen LogP contribution < -0.4 is 5.32 Å². The molecule has 2 heterocycles. The van der Waals surface area contributed by atoms with Crippen molar-refractivity contribution < 1.29 is 0 Å². The van der Waals surface area contributed by atoms with E-state index in [0.717, 1.165) is 37.5 Å². The monoisotopic (exact) mass is 298 g/mol. The van der Waals surface area contributed by atoms with Crippen molar-refractivity contribution in [2.75, 3.05) is 19.6 Å². The van der Waals surface area contributed by atoms with Crippen LogP contribution in [0.15, 0.2) is 36.4 Å². The molecule has 1 aliphatic heterocycles. The van der Waals surface area contributed by atoms with Gasteiger partial charge in [0, 0.05) is 19.6 Å². The summed E-state index contributed by atoms with van der Waals surface area (Å²) < 4.78 is 2.19. The molecule has 1 fully saturated rings. The molecule has 0 radical (unpaired) electrons. The summed E-state index contributed by atoms with van der Waals surface area (Å²) >= 11 is 0. The van der Waals surface area contributed by atoms with Crippen LogP contribution in [0.4, 0.5) is 0 Å². The Balaban J connectivity index is 1.54. The zero-order valence-electron chi connectivity index (χ0n) is 13.7. The minimum Gasteiger partial charge on any atom is -0.330 e. The number of likely N-dealkylation sites (tertiary alicyclic amines) is 1. The van der Waals surface area contributed by atoms with Crippen LogP contribution in [0.3, 0.4) is 0 Å². The molecular formula is C18H26N4. The zero-order chi connectivity index (χ0) is 15.5. The van der Waals surface area contributed by atoms with Crippen LogP contribution in [-0.4, -0.2) is 40.1 Å². The molecular weight excluding hydrogens is 272 g/mol. The second-order valence-electron chi connectivity index (χ2n) is 6.46. The van der Waals surface area contributed by atoms with Crippen LogP contribution >= 0.6 is 0 Å². The number of piperidine rings is 1. The number of aryl methyl sites for hydroxylation is 1. The van der Waals surface area contributed by atoms with Crippen LogP contribution in [0.5, 0.6) is 0 Å². The maximum Gasteiger partial charge on any atom is 0.123 e. The summed E-state index contributed by atoms with van der Waals surface area (Å²) in [5.41, 5.74) is 3.54. The molecule has 1 aromatic carbocycles. The van der Waals surface area contributed by atoms with E-state index in [0.29, 0.717) is 6.04 Å². The van der Waals surface area contributed by atoms with Gasteiger partial charge in [0.15, 0.2) is 0 Å². The van der Waals surface area contributed by atoms with Crippen molar-refractivity contribution in [1.29, 1.82) is 0 Å². The smallest absolute Gasteiger partial charge is 0.123 e. The third-order valence-corrected chi connectivity index (χ3v) is 4.51. The van der Waals surface area contributed by atoms with Crippen molar-refractivity contribution in [3.05, 3.63) is 42.2 Å². The third-order valence-electron chi connectivity index (χ3n) is 4.51. The number of rotatable bonds is 5. The maximum atomic E-state index is 4.73. The fourth-order valence-electron chi connectivity index (χ4n) is 3.27. The van der Waals surface area contributed by atoms with Crippen molar-refractivity contribution in [1.82, 2.24) is 19.8 Å². The Hall–Kier alpha value is -1.65. The van der Waals surface area contributed by atoms with Gasteiger partial charge in [-0.3, -0.25) is 4.90 Å². The standard InChI is InChI=1S/C18H26N4/c1-14(2)13-22-10-8-15(9-11-22)19-12-18-20-16-6-4-5-7-17(16)21(18)3/h4-7,15,19H,1,8-13H2,2-3H3. The Morgan fingerprint density at radius 2 is 2.05 bits per heavy atom. The van der Waals surface area contributed by atoms with Gasteiger partial charge in [0.05, 0.1) is 17.6 Å².